The minimum atomic E-state index is -0.0384. The number of fused-ring (bicyclic) bond motifs is 1. The predicted octanol–water partition coefficient (Wildman–Crippen LogP) is 3.52. The molecule has 84 valence electrons. The fraction of sp³-hybridized carbons (Fsp3) is 0.308. The van der Waals surface area contributed by atoms with Crippen LogP contribution in [-0.4, -0.2) is 4.98 Å². The molecule has 16 heavy (non-hydrogen) atoms. The van der Waals surface area contributed by atoms with Gasteiger partial charge in [-0.05, 0) is 44.0 Å². The molecule has 3 heteroatoms. The second kappa shape index (κ2) is 4.04. The molecule has 0 bridgehead atoms. The third-order valence-electron chi connectivity index (χ3n) is 2.76. The predicted molar refractivity (Wildman–Crippen MR) is 68.8 cm³/mol. The van der Waals surface area contributed by atoms with Crippen molar-refractivity contribution < 1.29 is 0 Å². The number of aromatic nitrogens is 1. The lowest BCUT2D eigenvalue weighted by atomic mass is 10.0. The largest absolute Gasteiger partial charge is 0.324 e. The summed E-state index contributed by atoms with van der Waals surface area (Å²) >= 11 is 6.24. The lowest BCUT2D eigenvalue weighted by Gasteiger charge is -2.13. The highest BCUT2D eigenvalue weighted by Gasteiger charge is 2.12. The van der Waals surface area contributed by atoms with E-state index in [0.717, 1.165) is 32.7 Å². The average molecular weight is 235 g/mol. The van der Waals surface area contributed by atoms with Gasteiger partial charge in [-0.3, -0.25) is 4.98 Å². The van der Waals surface area contributed by atoms with E-state index in [1.165, 1.54) is 0 Å². The Morgan fingerprint density at radius 2 is 2.00 bits per heavy atom. The molecule has 0 spiro atoms. The molecule has 0 aliphatic heterocycles. The van der Waals surface area contributed by atoms with Gasteiger partial charge in [-0.2, -0.15) is 0 Å². The van der Waals surface area contributed by atoms with E-state index < -0.39 is 0 Å². The molecule has 2 nitrogen and oxygen atoms in total. The van der Waals surface area contributed by atoms with Crippen molar-refractivity contribution in [3.8, 4) is 0 Å². The molecule has 0 aliphatic rings. The molecule has 0 radical (unpaired) electrons. The molecule has 0 fully saturated rings. The van der Waals surface area contributed by atoms with E-state index in [4.69, 9.17) is 17.3 Å². The zero-order chi connectivity index (χ0) is 11.9. The Hall–Kier alpha value is -1.12. The fourth-order valence-corrected chi connectivity index (χ4v) is 2.22. The van der Waals surface area contributed by atoms with E-state index in [2.05, 4.69) is 4.98 Å². The van der Waals surface area contributed by atoms with E-state index in [0.29, 0.717) is 0 Å². The molecule has 2 rings (SSSR count). The van der Waals surface area contributed by atoms with Gasteiger partial charge in [0, 0.05) is 17.1 Å². The minimum absolute atomic E-state index is 0.0384. The number of hydrogen-bond acceptors (Lipinski definition) is 2. The van der Waals surface area contributed by atoms with Crippen LogP contribution in [0.5, 0.6) is 0 Å². The van der Waals surface area contributed by atoms with Crippen molar-refractivity contribution in [2.45, 2.75) is 26.8 Å². The van der Waals surface area contributed by atoms with Gasteiger partial charge in [0.05, 0.1) is 10.5 Å². The van der Waals surface area contributed by atoms with Crippen LogP contribution in [0.1, 0.15) is 29.8 Å². The van der Waals surface area contributed by atoms with E-state index in [1.54, 1.807) is 0 Å². The second-order valence-electron chi connectivity index (χ2n) is 4.23. The SMILES string of the molecule is Cc1cc(C(C)N)c2c(Cl)ccc(C)c2n1. The van der Waals surface area contributed by atoms with Crippen LogP contribution in [0.15, 0.2) is 18.2 Å². The molecule has 1 heterocycles. The zero-order valence-corrected chi connectivity index (χ0v) is 10.5. The first-order valence-electron chi connectivity index (χ1n) is 5.32. The Morgan fingerprint density at radius 3 is 2.62 bits per heavy atom. The highest BCUT2D eigenvalue weighted by Crippen LogP contribution is 2.31. The summed E-state index contributed by atoms with van der Waals surface area (Å²) in [5.74, 6) is 0. The van der Waals surface area contributed by atoms with E-state index in [-0.39, 0.29) is 6.04 Å². The number of nitrogens with zero attached hydrogens (tertiary/aromatic N) is 1. The summed E-state index contributed by atoms with van der Waals surface area (Å²) in [5, 5.41) is 1.71. The van der Waals surface area contributed by atoms with Crippen LogP contribution < -0.4 is 5.73 Å². The van der Waals surface area contributed by atoms with Gasteiger partial charge in [0.2, 0.25) is 0 Å². The molecule has 1 atom stereocenters. The highest BCUT2D eigenvalue weighted by atomic mass is 35.5. The maximum absolute atomic E-state index is 6.24. The monoisotopic (exact) mass is 234 g/mol. The summed E-state index contributed by atoms with van der Waals surface area (Å²) < 4.78 is 0. The van der Waals surface area contributed by atoms with Gasteiger partial charge >= 0.3 is 0 Å². The van der Waals surface area contributed by atoms with Crippen LogP contribution in [0, 0.1) is 13.8 Å². The van der Waals surface area contributed by atoms with Crippen LogP contribution in [0.4, 0.5) is 0 Å². The fourth-order valence-electron chi connectivity index (χ4n) is 1.95. The first-order chi connectivity index (χ1) is 7.50. The molecule has 0 amide bonds. The lowest BCUT2D eigenvalue weighted by Crippen LogP contribution is -2.07. The third-order valence-corrected chi connectivity index (χ3v) is 3.08. The Balaban J connectivity index is 2.95. The van der Waals surface area contributed by atoms with Gasteiger partial charge in [-0.1, -0.05) is 17.7 Å². The first-order valence-corrected chi connectivity index (χ1v) is 5.70. The number of rotatable bonds is 1. The van der Waals surface area contributed by atoms with Crippen molar-refractivity contribution in [1.29, 1.82) is 0 Å². The topological polar surface area (TPSA) is 38.9 Å². The van der Waals surface area contributed by atoms with Crippen molar-refractivity contribution >= 4 is 22.5 Å². The summed E-state index contributed by atoms with van der Waals surface area (Å²) in [5.41, 5.74) is 10.1. The summed E-state index contributed by atoms with van der Waals surface area (Å²) in [7, 11) is 0. The van der Waals surface area contributed by atoms with Crippen molar-refractivity contribution in [2.24, 2.45) is 5.73 Å². The van der Waals surface area contributed by atoms with Crippen molar-refractivity contribution in [3.63, 3.8) is 0 Å². The van der Waals surface area contributed by atoms with Gasteiger partial charge in [0.1, 0.15) is 0 Å². The maximum Gasteiger partial charge on any atom is 0.0752 e. The van der Waals surface area contributed by atoms with Gasteiger partial charge in [0.15, 0.2) is 0 Å². The number of nitrogens with two attached hydrogens (primary N) is 1. The molecule has 2 aromatic rings. The average Bonchev–Trinajstić information content (AvgIpc) is 2.22. The van der Waals surface area contributed by atoms with E-state index in [9.17, 15) is 0 Å². The lowest BCUT2D eigenvalue weighted by molar-refractivity contribution is 0.823. The number of aryl methyl sites for hydroxylation is 2. The van der Waals surface area contributed by atoms with Gasteiger partial charge in [-0.15, -0.1) is 0 Å². The Bertz CT molecular complexity index is 547. The smallest absolute Gasteiger partial charge is 0.0752 e. The molecule has 1 aromatic heterocycles. The summed E-state index contributed by atoms with van der Waals surface area (Å²) in [4.78, 5) is 4.54. The maximum atomic E-state index is 6.24. The van der Waals surface area contributed by atoms with Crippen LogP contribution in [0.3, 0.4) is 0 Å². The zero-order valence-electron chi connectivity index (χ0n) is 9.71. The van der Waals surface area contributed by atoms with E-state index in [1.807, 2.05) is 39.0 Å². The number of hydrogen-bond donors (Lipinski definition) is 1. The first kappa shape index (κ1) is 11.4. The van der Waals surface area contributed by atoms with Crippen LogP contribution in [-0.2, 0) is 0 Å². The molecule has 1 aromatic carbocycles. The Morgan fingerprint density at radius 1 is 1.31 bits per heavy atom. The molecular weight excluding hydrogens is 220 g/mol. The number of benzene rings is 1. The standard InChI is InChI=1S/C13H15ClN2/c1-7-4-5-11(14)12-10(9(3)15)6-8(2)16-13(7)12/h4-6,9H,15H2,1-3H3. The molecule has 2 N–H and O–H groups in total. The third kappa shape index (κ3) is 1.79. The molecule has 1 unspecified atom stereocenters. The van der Waals surface area contributed by atoms with Gasteiger partial charge in [-0.25, -0.2) is 0 Å². The quantitative estimate of drug-likeness (QED) is 0.820. The van der Waals surface area contributed by atoms with Crippen molar-refractivity contribution in [3.05, 3.63) is 40.0 Å². The summed E-state index contributed by atoms with van der Waals surface area (Å²) in [6.07, 6.45) is 0. The van der Waals surface area contributed by atoms with Gasteiger partial charge < -0.3 is 5.73 Å². The Labute approximate surface area is 100 Å². The normalized spacial score (nSPS) is 13.1. The van der Waals surface area contributed by atoms with Crippen molar-refractivity contribution in [2.75, 3.05) is 0 Å². The van der Waals surface area contributed by atoms with Crippen molar-refractivity contribution in [1.82, 2.24) is 4.98 Å². The van der Waals surface area contributed by atoms with Crippen LogP contribution in [0.25, 0.3) is 10.9 Å². The van der Waals surface area contributed by atoms with Crippen LogP contribution >= 0.6 is 11.6 Å². The van der Waals surface area contributed by atoms with Crippen LogP contribution in [0.2, 0.25) is 5.02 Å². The van der Waals surface area contributed by atoms with Gasteiger partial charge in [0.25, 0.3) is 0 Å². The minimum Gasteiger partial charge on any atom is -0.324 e. The molecule has 0 saturated heterocycles. The highest BCUT2D eigenvalue weighted by molar-refractivity contribution is 6.35. The number of pyridine rings is 1. The number of halogens is 1. The molecule has 0 aliphatic carbocycles. The summed E-state index contributed by atoms with van der Waals surface area (Å²) in [6.45, 7) is 5.98. The second-order valence-corrected chi connectivity index (χ2v) is 4.64. The molecule has 0 saturated carbocycles. The van der Waals surface area contributed by atoms with E-state index >= 15 is 0 Å². The summed E-state index contributed by atoms with van der Waals surface area (Å²) in [6, 6.07) is 5.87. The Kier molecular flexibility index (Phi) is 2.87. The molecular formula is C13H15ClN2.